The van der Waals surface area contributed by atoms with Gasteiger partial charge in [0.2, 0.25) is 0 Å². The zero-order valence-corrected chi connectivity index (χ0v) is 12.7. The van der Waals surface area contributed by atoms with Gasteiger partial charge in [-0.3, -0.25) is 0 Å². The minimum atomic E-state index is 0. The van der Waals surface area contributed by atoms with Gasteiger partial charge in [0.05, 0.1) is 5.52 Å². The first-order valence-electron chi connectivity index (χ1n) is 6.56. The molecule has 2 aromatic carbocycles. The summed E-state index contributed by atoms with van der Waals surface area (Å²) < 4.78 is 0. The van der Waals surface area contributed by atoms with E-state index in [1.807, 2.05) is 18.2 Å². The number of anilines is 2. The third-order valence-electron chi connectivity index (χ3n) is 3.29. The SMILES string of the molecule is Cc1ccc2nc(Nc3cccc(O)c3)cc(C)c2c1.Cl. The molecular formula is C17H17ClN2O. The van der Waals surface area contributed by atoms with E-state index >= 15 is 0 Å². The van der Waals surface area contributed by atoms with Crippen LogP contribution in [0.4, 0.5) is 11.5 Å². The summed E-state index contributed by atoms with van der Waals surface area (Å²) >= 11 is 0. The van der Waals surface area contributed by atoms with E-state index in [1.165, 1.54) is 16.5 Å². The highest BCUT2D eigenvalue weighted by Gasteiger charge is 2.04. The minimum absolute atomic E-state index is 0. The average molecular weight is 301 g/mol. The predicted molar refractivity (Wildman–Crippen MR) is 89.9 cm³/mol. The molecule has 21 heavy (non-hydrogen) atoms. The maximum atomic E-state index is 9.49. The number of aromatic nitrogens is 1. The van der Waals surface area contributed by atoms with Crippen molar-refractivity contribution < 1.29 is 5.11 Å². The molecule has 0 spiro atoms. The summed E-state index contributed by atoms with van der Waals surface area (Å²) in [5, 5.41) is 13.9. The molecule has 1 heterocycles. The third kappa shape index (κ3) is 3.26. The van der Waals surface area contributed by atoms with E-state index < -0.39 is 0 Å². The zero-order valence-electron chi connectivity index (χ0n) is 11.9. The summed E-state index contributed by atoms with van der Waals surface area (Å²) in [6.45, 7) is 4.16. The molecule has 0 aliphatic rings. The molecule has 0 bridgehead atoms. The summed E-state index contributed by atoms with van der Waals surface area (Å²) in [5.74, 6) is 1.02. The van der Waals surface area contributed by atoms with Gasteiger partial charge in [-0.25, -0.2) is 4.98 Å². The van der Waals surface area contributed by atoms with Crippen LogP contribution in [0, 0.1) is 13.8 Å². The van der Waals surface area contributed by atoms with Crippen molar-refractivity contribution in [3.8, 4) is 5.75 Å². The standard InChI is InChI=1S/C17H16N2O.ClH/c1-11-6-7-16-15(8-11)12(2)9-17(19-16)18-13-4-3-5-14(20)10-13;/h3-10,20H,1-2H3,(H,18,19);1H. The number of hydrogen-bond donors (Lipinski definition) is 2. The van der Waals surface area contributed by atoms with Gasteiger partial charge in [-0.05, 0) is 49.7 Å². The average Bonchev–Trinajstić information content (AvgIpc) is 2.40. The number of fused-ring (bicyclic) bond motifs is 1. The molecular weight excluding hydrogens is 284 g/mol. The van der Waals surface area contributed by atoms with E-state index in [0.717, 1.165) is 17.0 Å². The minimum Gasteiger partial charge on any atom is -0.508 e. The van der Waals surface area contributed by atoms with Crippen molar-refractivity contribution in [2.75, 3.05) is 5.32 Å². The number of rotatable bonds is 2. The first-order chi connectivity index (χ1) is 9.61. The lowest BCUT2D eigenvalue weighted by molar-refractivity contribution is 0.475. The smallest absolute Gasteiger partial charge is 0.131 e. The van der Waals surface area contributed by atoms with E-state index in [9.17, 15) is 5.11 Å². The molecule has 0 amide bonds. The number of halogens is 1. The number of aromatic hydroxyl groups is 1. The Kier molecular flexibility index (Phi) is 4.34. The highest BCUT2D eigenvalue weighted by atomic mass is 35.5. The Morgan fingerprint density at radius 2 is 1.81 bits per heavy atom. The molecule has 2 N–H and O–H groups in total. The quantitative estimate of drug-likeness (QED) is 0.719. The lowest BCUT2D eigenvalue weighted by Gasteiger charge is -2.10. The number of benzene rings is 2. The maximum Gasteiger partial charge on any atom is 0.131 e. The summed E-state index contributed by atoms with van der Waals surface area (Å²) in [6, 6.07) is 15.3. The van der Waals surface area contributed by atoms with Gasteiger partial charge in [-0.1, -0.05) is 17.7 Å². The molecule has 0 aliphatic heterocycles. The van der Waals surface area contributed by atoms with Crippen LogP contribution in [0.25, 0.3) is 10.9 Å². The van der Waals surface area contributed by atoms with E-state index in [2.05, 4.69) is 36.3 Å². The van der Waals surface area contributed by atoms with Crippen molar-refractivity contribution in [3.05, 3.63) is 59.7 Å². The Labute approximate surface area is 130 Å². The van der Waals surface area contributed by atoms with Gasteiger partial charge in [0.1, 0.15) is 11.6 Å². The van der Waals surface area contributed by atoms with Crippen LogP contribution in [0.1, 0.15) is 11.1 Å². The lowest BCUT2D eigenvalue weighted by Crippen LogP contribution is -1.95. The topological polar surface area (TPSA) is 45.2 Å². The zero-order chi connectivity index (χ0) is 14.1. The van der Waals surface area contributed by atoms with Crippen LogP contribution < -0.4 is 5.32 Å². The first-order valence-corrected chi connectivity index (χ1v) is 6.56. The number of pyridine rings is 1. The molecule has 3 nitrogen and oxygen atoms in total. The van der Waals surface area contributed by atoms with Gasteiger partial charge in [-0.2, -0.15) is 0 Å². The van der Waals surface area contributed by atoms with Gasteiger partial charge in [0, 0.05) is 17.1 Å². The fourth-order valence-electron chi connectivity index (χ4n) is 2.30. The number of nitrogens with zero attached hydrogens (tertiary/aromatic N) is 1. The van der Waals surface area contributed by atoms with E-state index in [1.54, 1.807) is 18.2 Å². The Hall–Kier alpha value is -2.26. The van der Waals surface area contributed by atoms with E-state index in [4.69, 9.17) is 0 Å². The van der Waals surface area contributed by atoms with Crippen molar-refractivity contribution in [2.45, 2.75) is 13.8 Å². The van der Waals surface area contributed by atoms with Crippen LogP contribution in [-0.4, -0.2) is 10.1 Å². The van der Waals surface area contributed by atoms with E-state index in [0.29, 0.717) is 0 Å². The van der Waals surface area contributed by atoms with Crippen LogP contribution in [0.15, 0.2) is 48.5 Å². The molecule has 3 aromatic rings. The fraction of sp³-hybridized carbons (Fsp3) is 0.118. The molecule has 0 unspecified atom stereocenters. The van der Waals surface area contributed by atoms with Crippen LogP contribution in [0.5, 0.6) is 5.75 Å². The third-order valence-corrected chi connectivity index (χ3v) is 3.29. The fourth-order valence-corrected chi connectivity index (χ4v) is 2.30. The molecule has 0 fully saturated rings. The normalized spacial score (nSPS) is 10.2. The van der Waals surface area contributed by atoms with Crippen molar-refractivity contribution in [2.24, 2.45) is 0 Å². The molecule has 0 saturated carbocycles. The van der Waals surface area contributed by atoms with E-state index in [-0.39, 0.29) is 18.2 Å². The van der Waals surface area contributed by atoms with Gasteiger partial charge >= 0.3 is 0 Å². The Bertz CT molecular complexity index is 787. The largest absolute Gasteiger partial charge is 0.508 e. The van der Waals surface area contributed by atoms with Crippen molar-refractivity contribution in [3.63, 3.8) is 0 Å². The second-order valence-electron chi connectivity index (χ2n) is 5.02. The molecule has 1 aromatic heterocycles. The van der Waals surface area contributed by atoms with Gasteiger partial charge in [-0.15, -0.1) is 12.4 Å². The maximum absolute atomic E-state index is 9.49. The van der Waals surface area contributed by atoms with Crippen molar-refractivity contribution in [1.29, 1.82) is 0 Å². The predicted octanol–water partition coefficient (Wildman–Crippen LogP) is 4.72. The molecule has 3 rings (SSSR count). The van der Waals surface area contributed by atoms with Gasteiger partial charge in [0.15, 0.2) is 0 Å². The van der Waals surface area contributed by atoms with Crippen LogP contribution >= 0.6 is 12.4 Å². The summed E-state index contributed by atoms with van der Waals surface area (Å²) in [7, 11) is 0. The number of hydrogen-bond acceptors (Lipinski definition) is 3. The Morgan fingerprint density at radius 1 is 1.00 bits per heavy atom. The highest BCUT2D eigenvalue weighted by molar-refractivity contribution is 5.85. The van der Waals surface area contributed by atoms with Crippen LogP contribution in [-0.2, 0) is 0 Å². The summed E-state index contributed by atoms with van der Waals surface area (Å²) in [6.07, 6.45) is 0. The number of nitrogens with one attached hydrogen (secondary N) is 1. The number of aryl methyl sites for hydroxylation is 2. The number of phenols is 1. The highest BCUT2D eigenvalue weighted by Crippen LogP contribution is 2.24. The van der Waals surface area contributed by atoms with Gasteiger partial charge < -0.3 is 10.4 Å². The molecule has 0 atom stereocenters. The molecule has 0 saturated heterocycles. The lowest BCUT2D eigenvalue weighted by atomic mass is 10.1. The second-order valence-corrected chi connectivity index (χ2v) is 5.02. The number of phenolic OH excluding ortho intramolecular Hbond substituents is 1. The van der Waals surface area contributed by atoms with Crippen LogP contribution in [0.2, 0.25) is 0 Å². The first kappa shape index (κ1) is 15.1. The van der Waals surface area contributed by atoms with Gasteiger partial charge in [0.25, 0.3) is 0 Å². The monoisotopic (exact) mass is 300 g/mol. The Balaban J connectivity index is 0.00000161. The second kappa shape index (κ2) is 6.02. The summed E-state index contributed by atoms with van der Waals surface area (Å²) in [5.41, 5.74) is 4.21. The van der Waals surface area contributed by atoms with Crippen LogP contribution in [0.3, 0.4) is 0 Å². The molecule has 0 radical (unpaired) electrons. The van der Waals surface area contributed by atoms with Crippen molar-refractivity contribution in [1.82, 2.24) is 4.98 Å². The molecule has 0 aliphatic carbocycles. The molecule has 4 heteroatoms. The Morgan fingerprint density at radius 3 is 2.57 bits per heavy atom. The molecule has 108 valence electrons. The summed E-state index contributed by atoms with van der Waals surface area (Å²) in [4.78, 5) is 4.61. The van der Waals surface area contributed by atoms with Crippen molar-refractivity contribution >= 4 is 34.8 Å².